The van der Waals surface area contributed by atoms with Crippen LogP contribution in [0.25, 0.3) is 10.9 Å². The molecule has 3 aromatic rings. The van der Waals surface area contributed by atoms with Gasteiger partial charge in [-0.2, -0.15) is 5.10 Å². The van der Waals surface area contributed by atoms with E-state index in [1.54, 1.807) is 16.9 Å². The highest BCUT2D eigenvalue weighted by molar-refractivity contribution is 7.92. The maximum Gasteiger partial charge on any atom is 0.469 e. The lowest BCUT2D eigenvalue weighted by molar-refractivity contribution is -0.131. The molecule has 1 heterocycles. The number of nitrogens with one attached hydrogen (secondary N) is 1. The van der Waals surface area contributed by atoms with Gasteiger partial charge in [-0.1, -0.05) is 24.0 Å². The number of amides is 1. The smallest absolute Gasteiger partial charge is 0.303 e. The van der Waals surface area contributed by atoms with E-state index in [1.807, 2.05) is 36.4 Å². The van der Waals surface area contributed by atoms with Crippen molar-refractivity contribution >= 4 is 34.5 Å². The molecule has 11 nitrogen and oxygen atoms in total. The van der Waals surface area contributed by atoms with Crippen molar-refractivity contribution in [1.82, 2.24) is 15.3 Å². The van der Waals surface area contributed by atoms with Gasteiger partial charge in [-0.15, -0.1) is 0 Å². The van der Waals surface area contributed by atoms with Crippen LogP contribution in [-0.4, -0.2) is 56.7 Å². The van der Waals surface area contributed by atoms with Crippen molar-refractivity contribution < 1.29 is 37.3 Å². The Labute approximate surface area is 219 Å². The number of nitrogens with zero attached hydrogens (tertiary/aromatic N) is 2. The molecule has 0 unspecified atom stereocenters. The molecule has 38 heavy (non-hydrogen) atoms. The van der Waals surface area contributed by atoms with E-state index in [1.165, 1.54) is 12.4 Å². The van der Waals surface area contributed by atoms with Crippen LogP contribution >= 0.6 is 7.82 Å². The molecule has 202 valence electrons. The summed E-state index contributed by atoms with van der Waals surface area (Å²) in [7, 11) is -8.32. The first-order valence-corrected chi connectivity index (χ1v) is 15.1. The number of aromatic nitrogens is 2. The molecule has 1 amide bonds. The fourth-order valence-electron chi connectivity index (χ4n) is 4.11. The van der Waals surface area contributed by atoms with Gasteiger partial charge in [-0.05, 0) is 62.1 Å². The summed E-state index contributed by atoms with van der Waals surface area (Å²) in [6, 6.07) is 13.0. The van der Waals surface area contributed by atoms with Crippen LogP contribution in [0.4, 0.5) is 0 Å². The van der Waals surface area contributed by atoms with Gasteiger partial charge in [0.15, 0.2) is 14.6 Å². The first kappa shape index (κ1) is 28.0. The van der Waals surface area contributed by atoms with E-state index in [4.69, 9.17) is 19.5 Å². The number of hydrogen-bond acceptors (Lipinski definition) is 7. The number of hydroxylamine groups is 1. The molecule has 0 spiro atoms. The van der Waals surface area contributed by atoms with Gasteiger partial charge in [0, 0.05) is 40.9 Å². The molecule has 0 radical (unpaired) electrons. The average Bonchev–Trinajstić information content (AvgIpc) is 3.55. The van der Waals surface area contributed by atoms with E-state index in [2.05, 4.69) is 16.9 Å². The maximum absolute atomic E-state index is 12.2. The quantitative estimate of drug-likeness (QED) is 0.133. The van der Waals surface area contributed by atoms with Gasteiger partial charge < -0.3 is 9.79 Å². The van der Waals surface area contributed by atoms with Crippen LogP contribution in [0.3, 0.4) is 0 Å². The highest BCUT2D eigenvalue weighted by Gasteiger charge is 2.46. The van der Waals surface area contributed by atoms with Crippen LogP contribution in [0.1, 0.15) is 42.9 Å². The second-order valence-corrected chi connectivity index (χ2v) is 13.4. The topological polar surface area (TPSA) is 168 Å². The Hall–Kier alpha value is -3.04. The van der Waals surface area contributed by atoms with Gasteiger partial charge in [0.05, 0.1) is 12.1 Å². The van der Waals surface area contributed by atoms with E-state index >= 15 is 0 Å². The molecule has 0 saturated heterocycles. The molecule has 2 aromatic carbocycles. The lowest BCUT2D eigenvalue weighted by atomic mass is 9.96. The second kappa shape index (κ2) is 10.3. The molecule has 1 aliphatic rings. The van der Waals surface area contributed by atoms with Crippen LogP contribution in [0, 0.1) is 11.8 Å². The van der Waals surface area contributed by atoms with Crippen molar-refractivity contribution in [3.8, 4) is 11.8 Å². The lowest BCUT2D eigenvalue weighted by Crippen LogP contribution is -2.49. The number of carbonyl (C=O) groups is 1. The zero-order valence-electron chi connectivity index (χ0n) is 20.8. The monoisotopic (exact) mass is 561 g/mol. The summed E-state index contributed by atoms with van der Waals surface area (Å²) in [5.74, 6) is 5.21. The molecule has 13 heteroatoms. The summed E-state index contributed by atoms with van der Waals surface area (Å²) >= 11 is 0. The Morgan fingerprint density at radius 3 is 2.39 bits per heavy atom. The van der Waals surface area contributed by atoms with Gasteiger partial charge in [0.2, 0.25) is 0 Å². The number of phosphoric ester groups is 1. The fraction of sp³-hybridized carbons (Fsp3) is 0.360. The lowest BCUT2D eigenvalue weighted by Gasteiger charge is -2.24. The van der Waals surface area contributed by atoms with Crippen molar-refractivity contribution in [2.75, 3.05) is 12.9 Å². The van der Waals surface area contributed by atoms with Gasteiger partial charge >= 0.3 is 7.82 Å². The van der Waals surface area contributed by atoms with Crippen molar-refractivity contribution in [2.24, 2.45) is 0 Å². The van der Waals surface area contributed by atoms with Crippen LogP contribution in [-0.2, 0) is 35.7 Å². The third-order valence-corrected chi connectivity index (χ3v) is 9.47. The molecular weight excluding hydrogens is 533 g/mol. The minimum absolute atomic E-state index is 0.0296. The molecule has 1 fully saturated rings. The summed E-state index contributed by atoms with van der Waals surface area (Å²) in [6.07, 6.45) is 4.21. The van der Waals surface area contributed by atoms with E-state index in [9.17, 15) is 17.8 Å². The van der Waals surface area contributed by atoms with Gasteiger partial charge in [-0.25, -0.2) is 18.5 Å². The molecule has 0 aliphatic heterocycles. The third kappa shape index (κ3) is 6.15. The van der Waals surface area contributed by atoms with Gasteiger partial charge in [-0.3, -0.25) is 19.2 Å². The second-order valence-electron chi connectivity index (χ2n) is 9.73. The molecule has 1 aliphatic carbocycles. The molecule has 4 N–H and O–H groups in total. The summed E-state index contributed by atoms with van der Waals surface area (Å²) in [4.78, 5) is 30.0. The number of sulfone groups is 1. The molecule has 0 bridgehead atoms. The number of hydrogen-bond donors (Lipinski definition) is 4. The minimum Gasteiger partial charge on any atom is -0.303 e. The average molecular weight is 562 g/mol. The summed E-state index contributed by atoms with van der Waals surface area (Å²) < 4.78 is 39.8. The number of rotatable bonds is 9. The highest BCUT2D eigenvalue weighted by atomic mass is 32.2. The number of phosphoric acid groups is 1. The van der Waals surface area contributed by atoms with E-state index in [0.29, 0.717) is 5.52 Å². The summed E-state index contributed by atoms with van der Waals surface area (Å²) in [5.41, 5.74) is 4.23. The largest absolute Gasteiger partial charge is 0.469 e. The zero-order valence-corrected chi connectivity index (χ0v) is 22.5. The van der Waals surface area contributed by atoms with Crippen molar-refractivity contribution in [1.29, 1.82) is 0 Å². The van der Waals surface area contributed by atoms with Crippen LogP contribution in [0.5, 0.6) is 0 Å². The minimum atomic E-state index is -4.51. The number of benzene rings is 2. The number of carbonyl (C=O) groups excluding carboxylic acids is 1. The van der Waals surface area contributed by atoms with Crippen LogP contribution in [0.2, 0.25) is 0 Å². The predicted molar refractivity (Wildman–Crippen MR) is 139 cm³/mol. The Kier molecular flexibility index (Phi) is 7.56. The van der Waals surface area contributed by atoms with Crippen molar-refractivity contribution in [3.05, 3.63) is 65.4 Å². The molecule has 1 saturated carbocycles. The van der Waals surface area contributed by atoms with E-state index in [0.717, 1.165) is 41.2 Å². The Morgan fingerprint density at radius 2 is 1.82 bits per heavy atom. The predicted octanol–water partition coefficient (Wildman–Crippen LogP) is 2.28. The molecule has 1 atom stereocenters. The summed E-state index contributed by atoms with van der Waals surface area (Å²) in [6.45, 7) is 1.37. The third-order valence-electron chi connectivity index (χ3n) is 6.98. The molecule has 1 aromatic heterocycles. The highest BCUT2D eigenvalue weighted by Crippen LogP contribution is 2.51. The van der Waals surface area contributed by atoms with Gasteiger partial charge in [0.1, 0.15) is 0 Å². The number of aryl methyl sites for hydroxylation is 1. The Balaban J connectivity index is 1.45. The maximum atomic E-state index is 12.2. The Bertz CT molecular complexity index is 1580. The Morgan fingerprint density at radius 1 is 1.18 bits per heavy atom. The standard InChI is InChI=1S/C25H28N3O8PS/c1-24(23(29)27-30,38(2,34)35)13-14-28-16-20-15-19(7-10-22(20)26-28)4-3-18-5-8-21(9-6-18)25(11-12-25)17-36-37(31,32)33/h5-10,15-16,30H,11-14,17H2,1-2H3,(H,27,29)(H2,31,32,33)/t24-/m1/s1. The molecule has 4 rings (SSSR count). The normalized spacial score (nSPS) is 16.3. The van der Waals surface area contributed by atoms with Gasteiger partial charge in [0.25, 0.3) is 5.91 Å². The van der Waals surface area contributed by atoms with Crippen molar-refractivity contribution in [2.45, 2.75) is 42.9 Å². The zero-order chi connectivity index (χ0) is 27.8. The first-order valence-electron chi connectivity index (χ1n) is 11.7. The SMILES string of the molecule is C[C@@](CCn1cc2cc(C#Cc3ccc(C4(COP(=O)(O)O)CC4)cc3)ccc2n1)(C(=O)NO)S(C)(=O)=O. The van der Waals surface area contributed by atoms with E-state index < -0.39 is 28.3 Å². The first-order chi connectivity index (χ1) is 17.7. The van der Waals surface area contributed by atoms with Crippen LogP contribution < -0.4 is 5.48 Å². The number of fused-ring (bicyclic) bond motifs is 1. The van der Waals surface area contributed by atoms with Crippen molar-refractivity contribution in [3.63, 3.8) is 0 Å². The fourth-order valence-corrected chi connectivity index (χ4v) is 5.37. The summed E-state index contributed by atoms with van der Waals surface area (Å²) in [5, 5.41) is 14.2. The molecular formula is C25H28N3O8PS. The van der Waals surface area contributed by atoms with E-state index in [-0.39, 0.29) is 25.0 Å². The van der Waals surface area contributed by atoms with Crippen LogP contribution in [0.15, 0.2) is 48.7 Å².